The summed E-state index contributed by atoms with van der Waals surface area (Å²) in [6.45, 7) is 0.415. The highest BCUT2D eigenvalue weighted by atomic mass is 32.2. The van der Waals surface area contributed by atoms with Crippen molar-refractivity contribution in [3.8, 4) is 0 Å². The Hall–Kier alpha value is -1.56. The van der Waals surface area contributed by atoms with Crippen LogP contribution in [-0.2, 0) is 4.79 Å². The monoisotopic (exact) mass is 308 g/mol. The first kappa shape index (κ1) is 15.8. The zero-order chi connectivity index (χ0) is 15.2. The number of carbonyl (C=O) groups is 2. The molecule has 2 rings (SSSR count). The average molecular weight is 308 g/mol. The maximum atomic E-state index is 12.2. The molecule has 0 bridgehead atoms. The third kappa shape index (κ3) is 3.97. The van der Waals surface area contributed by atoms with E-state index in [1.165, 1.54) is 11.8 Å². The molecule has 0 aliphatic heterocycles. The molecule has 1 amide bonds. The van der Waals surface area contributed by atoms with Crippen molar-refractivity contribution in [3.63, 3.8) is 0 Å². The van der Waals surface area contributed by atoms with E-state index in [9.17, 15) is 14.7 Å². The van der Waals surface area contributed by atoms with Crippen LogP contribution in [0.3, 0.4) is 0 Å². The quantitative estimate of drug-likeness (QED) is 0.817. The fourth-order valence-electron chi connectivity index (χ4n) is 2.82. The second-order valence-corrected chi connectivity index (χ2v) is 6.05. The Morgan fingerprint density at radius 1 is 1.43 bits per heavy atom. The van der Waals surface area contributed by atoms with Crippen molar-refractivity contribution in [2.45, 2.75) is 30.7 Å². The number of nitrogens with zero attached hydrogens (tertiary/aromatic N) is 1. The molecule has 0 saturated heterocycles. The van der Waals surface area contributed by atoms with Crippen molar-refractivity contribution >= 4 is 23.6 Å². The van der Waals surface area contributed by atoms with Crippen LogP contribution in [0.5, 0.6) is 0 Å². The molecule has 114 valence electrons. The molecule has 5 nitrogen and oxygen atoms in total. The number of aliphatic carboxylic acids is 1. The van der Waals surface area contributed by atoms with Crippen molar-refractivity contribution in [2.75, 3.05) is 12.8 Å². The second-order valence-electron chi connectivity index (χ2n) is 5.26. The van der Waals surface area contributed by atoms with Crippen molar-refractivity contribution in [3.05, 3.63) is 23.9 Å². The predicted molar refractivity (Wildman–Crippen MR) is 81.4 cm³/mol. The number of aromatic nitrogens is 1. The van der Waals surface area contributed by atoms with Crippen LogP contribution in [0.15, 0.2) is 23.4 Å². The SMILES string of the molecule is CSc1ncccc1C(=O)NCC1CCCCC1C(=O)O. The predicted octanol–water partition coefficient (Wildman–Crippen LogP) is 2.42. The van der Waals surface area contributed by atoms with Crippen molar-refractivity contribution in [1.82, 2.24) is 10.3 Å². The summed E-state index contributed by atoms with van der Waals surface area (Å²) in [7, 11) is 0. The summed E-state index contributed by atoms with van der Waals surface area (Å²) >= 11 is 1.42. The second kappa shape index (κ2) is 7.45. The summed E-state index contributed by atoms with van der Waals surface area (Å²) in [4.78, 5) is 27.6. The number of carboxylic acid groups (broad SMARTS) is 1. The van der Waals surface area contributed by atoms with E-state index in [0.717, 1.165) is 19.3 Å². The van der Waals surface area contributed by atoms with Gasteiger partial charge in [-0.25, -0.2) is 4.98 Å². The summed E-state index contributed by atoms with van der Waals surface area (Å²) in [6.07, 6.45) is 7.09. The zero-order valence-electron chi connectivity index (χ0n) is 12.0. The topological polar surface area (TPSA) is 79.3 Å². The van der Waals surface area contributed by atoms with Gasteiger partial charge in [0, 0.05) is 12.7 Å². The molecule has 2 atom stereocenters. The minimum atomic E-state index is -0.750. The molecule has 1 aliphatic carbocycles. The molecule has 0 aromatic carbocycles. The number of pyridine rings is 1. The minimum absolute atomic E-state index is 0.0228. The van der Waals surface area contributed by atoms with E-state index in [1.54, 1.807) is 18.3 Å². The molecule has 6 heteroatoms. The van der Waals surface area contributed by atoms with Crippen LogP contribution in [0.2, 0.25) is 0 Å². The molecule has 1 aliphatic rings. The van der Waals surface area contributed by atoms with Crippen LogP contribution < -0.4 is 5.32 Å². The maximum Gasteiger partial charge on any atom is 0.306 e. The summed E-state index contributed by atoms with van der Waals surface area (Å²) in [5.74, 6) is -1.25. The lowest BCUT2D eigenvalue weighted by molar-refractivity contribution is -0.144. The van der Waals surface area contributed by atoms with Gasteiger partial charge in [0.25, 0.3) is 5.91 Å². The Kier molecular flexibility index (Phi) is 5.61. The number of amides is 1. The molecular formula is C15H20N2O3S. The Bertz CT molecular complexity index is 521. The fraction of sp³-hybridized carbons (Fsp3) is 0.533. The Labute approximate surface area is 128 Å². The van der Waals surface area contributed by atoms with Gasteiger partial charge in [-0.15, -0.1) is 11.8 Å². The third-order valence-electron chi connectivity index (χ3n) is 3.96. The first-order chi connectivity index (χ1) is 10.1. The summed E-state index contributed by atoms with van der Waals surface area (Å²) < 4.78 is 0. The van der Waals surface area contributed by atoms with E-state index in [1.807, 2.05) is 6.26 Å². The van der Waals surface area contributed by atoms with Gasteiger partial charge >= 0.3 is 5.97 Å². The van der Waals surface area contributed by atoms with Crippen molar-refractivity contribution < 1.29 is 14.7 Å². The number of nitrogens with one attached hydrogen (secondary N) is 1. The Morgan fingerprint density at radius 3 is 2.90 bits per heavy atom. The van der Waals surface area contributed by atoms with Gasteiger partial charge in [-0.05, 0) is 37.1 Å². The standard InChI is InChI=1S/C15H20N2O3S/c1-21-14-12(7-4-8-16-14)13(18)17-9-10-5-2-3-6-11(10)15(19)20/h4,7-8,10-11H,2-3,5-6,9H2,1H3,(H,17,18)(H,19,20). The van der Waals surface area contributed by atoms with Gasteiger partial charge in [0.15, 0.2) is 0 Å². The average Bonchev–Trinajstić information content (AvgIpc) is 2.52. The molecule has 1 aromatic heterocycles. The van der Waals surface area contributed by atoms with Gasteiger partial charge in [-0.1, -0.05) is 12.8 Å². The molecule has 21 heavy (non-hydrogen) atoms. The normalized spacial score (nSPS) is 21.8. The van der Waals surface area contributed by atoms with E-state index in [2.05, 4.69) is 10.3 Å². The van der Waals surface area contributed by atoms with Gasteiger partial charge in [0.2, 0.25) is 0 Å². The highest BCUT2D eigenvalue weighted by Gasteiger charge is 2.31. The lowest BCUT2D eigenvalue weighted by atomic mass is 9.79. The lowest BCUT2D eigenvalue weighted by Gasteiger charge is -2.28. The number of thioether (sulfide) groups is 1. The minimum Gasteiger partial charge on any atom is -0.481 e. The van der Waals surface area contributed by atoms with E-state index < -0.39 is 5.97 Å². The lowest BCUT2D eigenvalue weighted by Crippen LogP contribution is -2.37. The largest absolute Gasteiger partial charge is 0.481 e. The van der Waals surface area contributed by atoms with Gasteiger partial charge in [0.1, 0.15) is 5.03 Å². The third-order valence-corrected chi connectivity index (χ3v) is 4.67. The van der Waals surface area contributed by atoms with Crippen LogP contribution in [0.25, 0.3) is 0 Å². The van der Waals surface area contributed by atoms with Gasteiger partial charge in [-0.3, -0.25) is 9.59 Å². The van der Waals surface area contributed by atoms with Gasteiger partial charge < -0.3 is 10.4 Å². The molecular weight excluding hydrogens is 288 g/mol. The molecule has 2 unspecified atom stereocenters. The first-order valence-corrected chi connectivity index (χ1v) is 8.36. The van der Waals surface area contributed by atoms with Gasteiger partial charge in [0.05, 0.1) is 11.5 Å². The van der Waals surface area contributed by atoms with E-state index >= 15 is 0 Å². The highest BCUT2D eigenvalue weighted by molar-refractivity contribution is 7.98. The summed E-state index contributed by atoms with van der Waals surface area (Å²) in [6, 6.07) is 3.47. The molecule has 1 fully saturated rings. The van der Waals surface area contributed by atoms with E-state index in [4.69, 9.17) is 0 Å². The van der Waals surface area contributed by atoms with Crippen LogP contribution >= 0.6 is 11.8 Å². The van der Waals surface area contributed by atoms with Crippen LogP contribution in [-0.4, -0.2) is 34.8 Å². The van der Waals surface area contributed by atoms with Crippen LogP contribution in [0, 0.1) is 11.8 Å². The first-order valence-electron chi connectivity index (χ1n) is 7.13. The maximum absolute atomic E-state index is 12.2. The molecule has 2 N–H and O–H groups in total. The molecule has 1 heterocycles. The Morgan fingerprint density at radius 2 is 2.19 bits per heavy atom. The number of hydrogen-bond acceptors (Lipinski definition) is 4. The van der Waals surface area contributed by atoms with Crippen molar-refractivity contribution in [2.24, 2.45) is 11.8 Å². The molecule has 1 saturated carbocycles. The molecule has 1 aromatic rings. The number of hydrogen-bond donors (Lipinski definition) is 2. The number of carbonyl (C=O) groups excluding carboxylic acids is 1. The number of carboxylic acids is 1. The zero-order valence-corrected chi connectivity index (χ0v) is 12.9. The van der Waals surface area contributed by atoms with E-state index in [0.29, 0.717) is 23.6 Å². The molecule has 0 spiro atoms. The van der Waals surface area contributed by atoms with Crippen LogP contribution in [0.4, 0.5) is 0 Å². The fourth-order valence-corrected chi connectivity index (χ4v) is 3.37. The summed E-state index contributed by atoms with van der Waals surface area (Å²) in [5, 5.41) is 12.8. The van der Waals surface area contributed by atoms with E-state index in [-0.39, 0.29) is 17.7 Å². The summed E-state index contributed by atoms with van der Waals surface area (Å²) in [5.41, 5.74) is 0.549. The highest BCUT2D eigenvalue weighted by Crippen LogP contribution is 2.29. The number of rotatable bonds is 5. The molecule has 0 radical (unpaired) electrons. The smallest absolute Gasteiger partial charge is 0.306 e. The Balaban J connectivity index is 1.98. The van der Waals surface area contributed by atoms with Crippen molar-refractivity contribution in [1.29, 1.82) is 0 Å². The van der Waals surface area contributed by atoms with Crippen LogP contribution in [0.1, 0.15) is 36.0 Å². The van der Waals surface area contributed by atoms with Gasteiger partial charge in [-0.2, -0.15) is 0 Å².